The molecule has 0 spiro atoms. The maximum absolute atomic E-state index is 11.6. The van der Waals surface area contributed by atoms with E-state index in [2.05, 4.69) is 0 Å². The van der Waals surface area contributed by atoms with E-state index in [1.165, 1.54) is 6.92 Å². The highest BCUT2D eigenvalue weighted by atomic mass is 32.2. The minimum absolute atomic E-state index is 0.221. The van der Waals surface area contributed by atoms with E-state index in [1.807, 2.05) is 0 Å². The zero-order chi connectivity index (χ0) is 13.1. The van der Waals surface area contributed by atoms with Gasteiger partial charge in [-0.05, 0) is 6.92 Å². The Hall–Kier alpha value is -1.96. The molecule has 0 radical (unpaired) electrons. The highest BCUT2D eigenvalue weighted by molar-refractivity contribution is 7.90. The lowest BCUT2D eigenvalue weighted by Gasteiger charge is -2.05. The van der Waals surface area contributed by atoms with E-state index in [9.17, 15) is 23.2 Å². The van der Waals surface area contributed by atoms with Crippen molar-refractivity contribution < 1.29 is 22.7 Å². The van der Waals surface area contributed by atoms with E-state index in [1.54, 1.807) is 4.72 Å². The van der Waals surface area contributed by atoms with Gasteiger partial charge in [0.1, 0.15) is 5.78 Å². The van der Waals surface area contributed by atoms with Crippen LogP contribution in [0.15, 0.2) is 29.4 Å². The minimum Gasteiger partial charge on any atom is -0.619 e. The van der Waals surface area contributed by atoms with Gasteiger partial charge in [-0.25, -0.2) is 13.1 Å². The van der Waals surface area contributed by atoms with Gasteiger partial charge in [-0.15, -0.1) is 0 Å². The lowest BCUT2D eigenvalue weighted by molar-refractivity contribution is -0.605. The van der Waals surface area contributed by atoms with Crippen molar-refractivity contribution in [1.29, 1.82) is 0 Å². The Balaban J connectivity index is 2.86. The number of carbonyl (C=O) groups is 2. The van der Waals surface area contributed by atoms with Crippen LogP contribution in [0.5, 0.6) is 0 Å². The molecule has 0 saturated heterocycles. The molecule has 1 heterocycles. The molecule has 7 nitrogen and oxygen atoms in total. The van der Waals surface area contributed by atoms with Crippen LogP contribution in [0.4, 0.5) is 0 Å². The molecule has 1 amide bonds. The molecule has 1 aromatic rings. The van der Waals surface area contributed by atoms with Gasteiger partial charge in [-0.3, -0.25) is 9.59 Å². The van der Waals surface area contributed by atoms with Crippen molar-refractivity contribution in [3.05, 3.63) is 29.7 Å². The van der Waals surface area contributed by atoms with Gasteiger partial charge in [0.25, 0.3) is 10.0 Å². The molecule has 0 aliphatic carbocycles. The van der Waals surface area contributed by atoms with Crippen LogP contribution in [0.1, 0.15) is 13.3 Å². The Morgan fingerprint density at radius 3 is 2.35 bits per heavy atom. The maximum Gasteiger partial charge on any atom is 0.264 e. The molecule has 0 atom stereocenters. The van der Waals surface area contributed by atoms with E-state index < -0.39 is 28.1 Å². The smallest absolute Gasteiger partial charge is 0.264 e. The Morgan fingerprint density at radius 1 is 1.35 bits per heavy atom. The van der Waals surface area contributed by atoms with Gasteiger partial charge < -0.3 is 5.21 Å². The summed E-state index contributed by atoms with van der Waals surface area (Å²) in [5.74, 6) is -1.35. The van der Waals surface area contributed by atoms with Crippen LogP contribution in [0.3, 0.4) is 0 Å². The first-order valence-electron chi connectivity index (χ1n) is 4.55. The summed E-state index contributed by atoms with van der Waals surface area (Å²) in [6.45, 7) is 1.18. The Labute approximate surface area is 97.7 Å². The summed E-state index contributed by atoms with van der Waals surface area (Å²) < 4.78 is 25.3. The fourth-order valence-electron chi connectivity index (χ4n) is 1.05. The zero-order valence-corrected chi connectivity index (χ0v) is 9.73. The SMILES string of the molecule is CC(=O)CC(=O)NS(=O)(=O)c1cc[n+]([O-])cc1. The predicted molar refractivity (Wildman–Crippen MR) is 56.0 cm³/mol. The van der Waals surface area contributed by atoms with Gasteiger partial charge in [-0.1, -0.05) is 0 Å². The number of nitrogens with zero attached hydrogens (tertiary/aromatic N) is 1. The minimum atomic E-state index is -4.03. The lowest BCUT2D eigenvalue weighted by atomic mass is 10.3. The van der Waals surface area contributed by atoms with Crippen molar-refractivity contribution in [3.63, 3.8) is 0 Å². The van der Waals surface area contributed by atoms with Gasteiger partial charge >= 0.3 is 0 Å². The normalized spacial score (nSPS) is 10.9. The summed E-state index contributed by atoms with van der Waals surface area (Å²) >= 11 is 0. The molecular formula is C9H10N2O5S. The maximum atomic E-state index is 11.6. The van der Waals surface area contributed by atoms with E-state index in [0.29, 0.717) is 4.73 Å². The van der Waals surface area contributed by atoms with Crippen LogP contribution < -0.4 is 9.45 Å². The summed E-state index contributed by atoms with van der Waals surface area (Å²) in [5.41, 5.74) is 0. The number of nitrogens with one attached hydrogen (secondary N) is 1. The number of hydrogen-bond acceptors (Lipinski definition) is 5. The van der Waals surface area contributed by atoms with E-state index in [-0.39, 0.29) is 4.90 Å². The van der Waals surface area contributed by atoms with Gasteiger partial charge in [0.2, 0.25) is 5.91 Å². The van der Waals surface area contributed by atoms with E-state index in [4.69, 9.17) is 0 Å². The number of carbonyl (C=O) groups excluding carboxylic acids is 2. The van der Waals surface area contributed by atoms with Crippen LogP contribution in [-0.4, -0.2) is 20.1 Å². The number of amides is 1. The summed E-state index contributed by atoms with van der Waals surface area (Å²) in [5, 5.41) is 10.7. The largest absolute Gasteiger partial charge is 0.619 e. The lowest BCUT2D eigenvalue weighted by Crippen LogP contribution is -2.32. The Kier molecular flexibility index (Phi) is 3.79. The third-order valence-corrected chi connectivity index (χ3v) is 3.13. The molecule has 0 aliphatic heterocycles. The molecule has 0 aliphatic rings. The molecule has 0 unspecified atom stereocenters. The number of aromatic nitrogens is 1. The number of ketones is 1. The van der Waals surface area contributed by atoms with Crippen molar-refractivity contribution in [1.82, 2.24) is 4.72 Å². The summed E-state index contributed by atoms with van der Waals surface area (Å²) in [7, 11) is -4.03. The van der Waals surface area contributed by atoms with Crippen molar-refractivity contribution in [2.45, 2.75) is 18.2 Å². The molecule has 92 valence electrons. The highest BCUT2D eigenvalue weighted by Crippen LogP contribution is 2.05. The third kappa shape index (κ3) is 3.83. The predicted octanol–water partition coefficient (Wildman–Crippen LogP) is -0.896. The van der Waals surface area contributed by atoms with Gasteiger partial charge in [0.05, 0.1) is 11.3 Å². The standard InChI is InChI=1S/C9H10N2O5S/c1-7(12)6-9(13)10-17(15,16)8-2-4-11(14)5-3-8/h2-5H,6H2,1H3,(H,10,13). The topological polar surface area (TPSA) is 107 Å². The number of sulfonamides is 1. The first-order valence-corrected chi connectivity index (χ1v) is 6.03. The van der Waals surface area contributed by atoms with Crippen LogP contribution in [0, 0.1) is 5.21 Å². The second kappa shape index (κ2) is 4.91. The van der Waals surface area contributed by atoms with Crippen LogP contribution >= 0.6 is 0 Å². The molecule has 1 N–H and O–H groups in total. The van der Waals surface area contributed by atoms with Gasteiger partial charge in [-0.2, -0.15) is 4.73 Å². The second-order valence-electron chi connectivity index (χ2n) is 3.30. The number of hydrogen-bond donors (Lipinski definition) is 1. The van der Waals surface area contributed by atoms with Crippen LogP contribution in [0.25, 0.3) is 0 Å². The number of rotatable bonds is 4. The Bertz CT molecular complexity index is 535. The molecule has 1 aromatic heterocycles. The monoisotopic (exact) mass is 258 g/mol. The first kappa shape index (κ1) is 13.1. The average Bonchev–Trinajstić information content (AvgIpc) is 2.15. The Morgan fingerprint density at radius 2 is 1.88 bits per heavy atom. The average molecular weight is 258 g/mol. The molecule has 17 heavy (non-hydrogen) atoms. The summed E-state index contributed by atoms with van der Waals surface area (Å²) in [6, 6.07) is 2.10. The van der Waals surface area contributed by atoms with Crippen molar-refractivity contribution in [3.8, 4) is 0 Å². The highest BCUT2D eigenvalue weighted by Gasteiger charge is 2.18. The molecule has 0 fully saturated rings. The number of Topliss-reactive ketones (excluding diaryl/α,β-unsaturated/α-hetero) is 1. The molecular weight excluding hydrogens is 248 g/mol. The van der Waals surface area contributed by atoms with E-state index in [0.717, 1.165) is 24.5 Å². The second-order valence-corrected chi connectivity index (χ2v) is 4.98. The molecule has 0 aromatic carbocycles. The first-order chi connectivity index (χ1) is 7.81. The van der Waals surface area contributed by atoms with Crippen LogP contribution in [0.2, 0.25) is 0 Å². The molecule has 0 saturated carbocycles. The quantitative estimate of drug-likeness (QED) is 0.428. The zero-order valence-electron chi connectivity index (χ0n) is 8.91. The fraction of sp³-hybridized carbons (Fsp3) is 0.222. The van der Waals surface area contributed by atoms with Crippen molar-refractivity contribution in [2.24, 2.45) is 0 Å². The fourth-order valence-corrected chi connectivity index (χ4v) is 2.02. The van der Waals surface area contributed by atoms with Gasteiger partial charge in [0.15, 0.2) is 12.4 Å². The van der Waals surface area contributed by atoms with E-state index >= 15 is 0 Å². The summed E-state index contributed by atoms with van der Waals surface area (Å²) in [6.07, 6.45) is 1.47. The van der Waals surface area contributed by atoms with Gasteiger partial charge in [0, 0.05) is 12.1 Å². The summed E-state index contributed by atoms with van der Waals surface area (Å²) in [4.78, 5) is 21.5. The molecule has 0 bridgehead atoms. The van der Waals surface area contributed by atoms with Crippen LogP contribution in [-0.2, 0) is 19.6 Å². The van der Waals surface area contributed by atoms with Crippen molar-refractivity contribution in [2.75, 3.05) is 0 Å². The number of pyridine rings is 1. The molecule has 1 rings (SSSR count). The third-order valence-electron chi connectivity index (χ3n) is 1.74. The molecule has 8 heteroatoms. The van der Waals surface area contributed by atoms with Crippen molar-refractivity contribution >= 4 is 21.7 Å².